The maximum Gasteiger partial charge on any atom is 0.244 e. The van der Waals surface area contributed by atoms with Gasteiger partial charge in [-0.3, -0.25) is 0 Å². The Bertz CT molecular complexity index is 664. The topological polar surface area (TPSA) is 111 Å². The highest BCUT2D eigenvalue weighted by atomic mass is 32.2. The summed E-state index contributed by atoms with van der Waals surface area (Å²) in [5.41, 5.74) is 5.67. The number of nitrogen functional groups attached to an aromatic ring is 1. The zero-order chi connectivity index (χ0) is 14.6. The summed E-state index contributed by atoms with van der Waals surface area (Å²) >= 11 is 0. The lowest BCUT2D eigenvalue weighted by atomic mass is 10.1. The van der Waals surface area contributed by atoms with Crippen LogP contribution in [0.3, 0.4) is 0 Å². The van der Waals surface area contributed by atoms with Crippen molar-refractivity contribution in [2.75, 3.05) is 18.8 Å². The Morgan fingerprint density at radius 3 is 2.11 bits per heavy atom. The van der Waals surface area contributed by atoms with Gasteiger partial charge in [0.1, 0.15) is 17.0 Å². The molecule has 19 heavy (non-hydrogen) atoms. The molecular formula is C12H14N4O2S. The normalized spacial score (nSPS) is 11.0. The lowest BCUT2D eigenvalue weighted by Crippen LogP contribution is -2.31. The molecule has 1 aromatic rings. The van der Waals surface area contributed by atoms with E-state index in [1.54, 1.807) is 19.9 Å². The van der Waals surface area contributed by atoms with E-state index < -0.39 is 10.0 Å². The Hall–Kier alpha value is -2.09. The minimum atomic E-state index is -3.79. The molecule has 0 atom stereocenters. The molecule has 1 rings (SSSR count). The standard InChI is InChI=1S/C12H14N4O2S/c1-3-16(4-2)19(17,18)12-6-9(7-13)11(15)5-10(12)8-14/h5-6H,3-4,15H2,1-2H3. The van der Waals surface area contributed by atoms with Gasteiger partial charge in [0.2, 0.25) is 10.0 Å². The van der Waals surface area contributed by atoms with Crippen LogP contribution in [0.2, 0.25) is 0 Å². The van der Waals surface area contributed by atoms with Crippen LogP contribution in [0.4, 0.5) is 5.69 Å². The highest BCUT2D eigenvalue weighted by Crippen LogP contribution is 2.25. The van der Waals surface area contributed by atoms with Crippen LogP contribution in [0.5, 0.6) is 0 Å². The van der Waals surface area contributed by atoms with Crippen molar-refractivity contribution in [2.24, 2.45) is 0 Å². The van der Waals surface area contributed by atoms with Gasteiger partial charge in [-0.25, -0.2) is 8.42 Å². The van der Waals surface area contributed by atoms with Gasteiger partial charge in [0.15, 0.2) is 0 Å². The molecule has 0 unspecified atom stereocenters. The molecule has 6 nitrogen and oxygen atoms in total. The molecular weight excluding hydrogens is 264 g/mol. The molecule has 0 aliphatic rings. The van der Waals surface area contributed by atoms with E-state index in [-0.39, 0.29) is 34.8 Å². The summed E-state index contributed by atoms with van der Waals surface area (Å²) in [6.45, 7) is 3.98. The molecule has 0 spiro atoms. The highest BCUT2D eigenvalue weighted by molar-refractivity contribution is 7.89. The second-order valence-corrected chi connectivity index (χ2v) is 5.65. The number of hydrogen-bond donors (Lipinski definition) is 1. The third-order valence-corrected chi connectivity index (χ3v) is 4.81. The third-order valence-electron chi connectivity index (χ3n) is 2.72. The molecule has 100 valence electrons. The predicted octanol–water partition coefficient (Wildman–Crippen LogP) is 1.04. The van der Waals surface area contributed by atoms with Crippen LogP contribution in [0.15, 0.2) is 17.0 Å². The first-order chi connectivity index (χ1) is 8.92. The summed E-state index contributed by atoms with van der Waals surface area (Å²) < 4.78 is 26.0. The fraction of sp³-hybridized carbons (Fsp3) is 0.333. The van der Waals surface area contributed by atoms with Gasteiger partial charge < -0.3 is 5.73 Å². The zero-order valence-electron chi connectivity index (χ0n) is 10.7. The summed E-state index contributed by atoms with van der Waals surface area (Å²) in [6.07, 6.45) is 0. The van der Waals surface area contributed by atoms with Crippen molar-refractivity contribution in [1.29, 1.82) is 10.5 Å². The molecule has 0 saturated carbocycles. The zero-order valence-corrected chi connectivity index (χ0v) is 11.5. The Morgan fingerprint density at radius 2 is 1.68 bits per heavy atom. The predicted molar refractivity (Wildman–Crippen MR) is 70.4 cm³/mol. The van der Waals surface area contributed by atoms with E-state index in [2.05, 4.69) is 0 Å². The van der Waals surface area contributed by atoms with E-state index in [4.69, 9.17) is 16.3 Å². The Kier molecular flexibility index (Phi) is 4.49. The van der Waals surface area contributed by atoms with Crippen molar-refractivity contribution in [2.45, 2.75) is 18.7 Å². The number of hydrogen-bond acceptors (Lipinski definition) is 5. The minimum absolute atomic E-state index is 0.0460. The molecule has 0 heterocycles. The van der Waals surface area contributed by atoms with Gasteiger partial charge in [-0.1, -0.05) is 13.8 Å². The summed E-state index contributed by atoms with van der Waals surface area (Å²) in [6, 6.07) is 5.99. The third kappa shape index (κ3) is 2.68. The molecule has 0 aromatic heterocycles. The van der Waals surface area contributed by atoms with E-state index in [0.717, 1.165) is 6.07 Å². The van der Waals surface area contributed by atoms with Crippen molar-refractivity contribution >= 4 is 15.7 Å². The monoisotopic (exact) mass is 278 g/mol. The number of rotatable bonds is 4. The van der Waals surface area contributed by atoms with Gasteiger partial charge >= 0.3 is 0 Å². The summed E-state index contributed by atoms with van der Waals surface area (Å²) in [5.74, 6) is 0. The van der Waals surface area contributed by atoms with Crippen LogP contribution >= 0.6 is 0 Å². The van der Waals surface area contributed by atoms with Crippen LogP contribution in [0.1, 0.15) is 25.0 Å². The van der Waals surface area contributed by atoms with Gasteiger partial charge in [-0.2, -0.15) is 14.8 Å². The lowest BCUT2D eigenvalue weighted by Gasteiger charge is -2.19. The van der Waals surface area contributed by atoms with Crippen molar-refractivity contribution in [3.05, 3.63) is 23.3 Å². The molecule has 0 aliphatic heterocycles. The second kappa shape index (κ2) is 5.70. The number of benzene rings is 1. The summed E-state index contributed by atoms with van der Waals surface area (Å²) in [5, 5.41) is 17.9. The Morgan fingerprint density at radius 1 is 1.16 bits per heavy atom. The average Bonchev–Trinajstić information content (AvgIpc) is 2.39. The number of sulfonamides is 1. The number of anilines is 1. The van der Waals surface area contributed by atoms with Crippen LogP contribution in [-0.4, -0.2) is 25.8 Å². The number of nitriles is 2. The largest absolute Gasteiger partial charge is 0.398 e. The van der Waals surface area contributed by atoms with Crippen LogP contribution in [-0.2, 0) is 10.0 Å². The van der Waals surface area contributed by atoms with Gasteiger partial charge in [0.25, 0.3) is 0 Å². The fourth-order valence-corrected chi connectivity index (χ4v) is 3.30. The molecule has 0 radical (unpaired) electrons. The molecule has 0 amide bonds. The van der Waals surface area contributed by atoms with E-state index in [1.165, 1.54) is 10.4 Å². The van der Waals surface area contributed by atoms with E-state index in [0.29, 0.717) is 0 Å². The van der Waals surface area contributed by atoms with Crippen LogP contribution in [0, 0.1) is 22.7 Å². The van der Waals surface area contributed by atoms with Crippen LogP contribution < -0.4 is 5.73 Å². The van der Waals surface area contributed by atoms with E-state index >= 15 is 0 Å². The van der Waals surface area contributed by atoms with E-state index in [1.807, 2.05) is 6.07 Å². The first kappa shape index (κ1) is 15.0. The van der Waals surface area contributed by atoms with E-state index in [9.17, 15) is 8.42 Å². The summed E-state index contributed by atoms with van der Waals surface area (Å²) in [4.78, 5) is -0.176. The second-order valence-electron chi connectivity index (χ2n) is 3.75. The van der Waals surface area contributed by atoms with Gasteiger partial charge in [-0.05, 0) is 12.1 Å². The fourth-order valence-electron chi connectivity index (χ4n) is 1.70. The molecule has 2 N–H and O–H groups in total. The number of nitrogens with zero attached hydrogens (tertiary/aromatic N) is 3. The van der Waals surface area contributed by atoms with Crippen molar-refractivity contribution in [3.8, 4) is 12.1 Å². The maximum absolute atomic E-state index is 12.4. The Balaban J connectivity index is 3.60. The van der Waals surface area contributed by atoms with Crippen LogP contribution in [0.25, 0.3) is 0 Å². The average molecular weight is 278 g/mol. The molecule has 0 saturated heterocycles. The molecule has 0 bridgehead atoms. The molecule has 7 heteroatoms. The first-order valence-electron chi connectivity index (χ1n) is 5.66. The lowest BCUT2D eigenvalue weighted by molar-refractivity contribution is 0.445. The molecule has 0 aliphatic carbocycles. The van der Waals surface area contributed by atoms with Gasteiger partial charge in [-0.15, -0.1) is 0 Å². The summed E-state index contributed by atoms with van der Waals surface area (Å²) in [7, 11) is -3.79. The molecule has 1 aromatic carbocycles. The first-order valence-corrected chi connectivity index (χ1v) is 7.10. The SMILES string of the molecule is CCN(CC)S(=O)(=O)c1cc(C#N)c(N)cc1C#N. The maximum atomic E-state index is 12.4. The Labute approximate surface area is 112 Å². The molecule has 0 fully saturated rings. The van der Waals surface area contributed by atoms with Crippen molar-refractivity contribution < 1.29 is 8.42 Å². The highest BCUT2D eigenvalue weighted by Gasteiger charge is 2.26. The smallest absolute Gasteiger partial charge is 0.244 e. The number of nitrogens with two attached hydrogens (primary N) is 1. The minimum Gasteiger partial charge on any atom is -0.398 e. The van der Waals surface area contributed by atoms with Gasteiger partial charge in [0.05, 0.1) is 16.8 Å². The van der Waals surface area contributed by atoms with Crippen molar-refractivity contribution in [1.82, 2.24) is 4.31 Å². The van der Waals surface area contributed by atoms with Crippen molar-refractivity contribution in [3.63, 3.8) is 0 Å². The van der Waals surface area contributed by atoms with Gasteiger partial charge in [0, 0.05) is 13.1 Å². The quantitative estimate of drug-likeness (QED) is 0.827.